The van der Waals surface area contributed by atoms with Gasteiger partial charge in [0.15, 0.2) is 0 Å². The first kappa shape index (κ1) is 12.5. The molecule has 0 spiro atoms. The van der Waals surface area contributed by atoms with E-state index in [0.717, 1.165) is 25.4 Å². The first-order chi connectivity index (χ1) is 7.11. The van der Waals surface area contributed by atoms with Gasteiger partial charge in [-0.2, -0.15) is 5.26 Å². The molecule has 0 bridgehead atoms. The molecule has 0 aromatic carbocycles. The summed E-state index contributed by atoms with van der Waals surface area (Å²) >= 11 is 0. The molecule has 86 valence electrons. The molecular formula is C12H23N3. The van der Waals surface area contributed by atoms with Crippen molar-refractivity contribution in [3.8, 4) is 6.07 Å². The van der Waals surface area contributed by atoms with Crippen molar-refractivity contribution < 1.29 is 0 Å². The molecule has 1 rings (SSSR count). The third-order valence-corrected chi connectivity index (χ3v) is 3.61. The molecule has 0 aromatic rings. The van der Waals surface area contributed by atoms with Gasteiger partial charge in [-0.15, -0.1) is 0 Å². The van der Waals surface area contributed by atoms with Gasteiger partial charge in [-0.25, -0.2) is 0 Å². The lowest BCUT2D eigenvalue weighted by molar-refractivity contribution is 0.254. The molecule has 0 radical (unpaired) electrons. The second kappa shape index (κ2) is 5.48. The molecule has 0 aliphatic carbocycles. The zero-order chi connectivity index (χ0) is 11.3. The lowest BCUT2D eigenvalue weighted by Gasteiger charge is -2.24. The van der Waals surface area contributed by atoms with E-state index < -0.39 is 0 Å². The minimum Gasteiger partial charge on any atom is -0.303 e. The highest BCUT2D eigenvalue weighted by molar-refractivity contribution is 5.02. The van der Waals surface area contributed by atoms with Crippen molar-refractivity contribution in [1.29, 1.82) is 5.26 Å². The summed E-state index contributed by atoms with van der Waals surface area (Å²) in [5, 5.41) is 12.1. The summed E-state index contributed by atoms with van der Waals surface area (Å²) in [6.07, 6.45) is 4.71. The van der Waals surface area contributed by atoms with Gasteiger partial charge in [-0.05, 0) is 59.7 Å². The number of hydrogen-bond donors (Lipinski definition) is 1. The molecule has 1 fully saturated rings. The van der Waals surface area contributed by atoms with E-state index in [-0.39, 0.29) is 5.54 Å². The van der Waals surface area contributed by atoms with Crippen LogP contribution in [0.25, 0.3) is 0 Å². The van der Waals surface area contributed by atoms with Crippen LogP contribution in [0.4, 0.5) is 0 Å². The molecule has 3 heteroatoms. The largest absolute Gasteiger partial charge is 0.303 e. The molecule has 2 unspecified atom stereocenters. The molecule has 0 aromatic heterocycles. The number of nitriles is 1. The average Bonchev–Trinajstić information content (AvgIpc) is 2.64. The lowest BCUT2D eigenvalue weighted by Crippen LogP contribution is -2.39. The molecular weight excluding hydrogens is 186 g/mol. The van der Waals surface area contributed by atoms with Crippen LogP contribution in [-0.4, -0.2) is 36.6 Å². The summed E-state index contributed by atoms with van der Waals surface area (Å²) in [5.74, 6) is 0. The molecule has 1 aliphatic heterocycles. The molecule has 1 aliphatic rings. The Labute approximate surface area is 93.5 Å². The average molecular weight is 209 g/mol. The number of nitrogens with one attached hydrogen (secondary N) is 1. The van der Waals surface area contributed by atoms with Gasteiger partial charge in [0.05, 0.1) is 6.07 Å². The van der Waals surface area contributed by atoms with E-state index in [1.165, 1.54) is 19.4 Å². The Bertz CT molecular complexity index is 234. The Kier molecular flexibility index (Phi) is 4.56. The van der Waals surface area contributed by atoms with Crippen molar-refractivity contribution in [3.63, 3.8) is 0 Å². The van der Waals surface area contributed by atoms with E-state index in [1.807, 2.05) is 14.0 Å². The first-order valence-corrected chi connectivity index (χ1v) is 5.95. The van der Waals surface area contributed by atoms with Gasteiger partial charge in [0, 0.05) is 6.04 Å². The molecule has 1 N–H and O–H groups in total. The van der Waals surface area contributed by atoms with Crippen LogP contribution in [-0.2, 0) is 0 Å². The molecule has 0 amide bonds. The summed E-state index contributed by atoms with van der Waals surface area (Å²) in [5.41, 5.74) is -0.344. The van der Waals surface area contributed by atoms with Gasteiger partial charge >= 0.3 is 0 Å². The third-order valence-electron chi connectivity index (χ3n) is 3.61. The van der Waals surface area contributed by atoms with Crippen molar-refractivity contribution in [2.75, 3.05) is 20.1 Å². The Morgan fingerprint density at radius 2 is 2.33 bits per heavy atom. The lowest BCUT2D eigenvalue weighted by atomic mass is 9.98. The summed E-state index contributed by atoms with van der Waals surface area (Å²) in [4.78, 5) is 2.54. The number of hydrogen-bond acceptors (Lipinski definition) is 3. The second-order valence-corrected chi connectivity index (χ2v) is 4.82. The van der Waals surface area contributed by atoms with Crippen LogP contribution in [0.3, 0.4) is 0 Å². The van der Waals surface area contributed by atoms with Gasteiger partial charge in [0.1, 0.15) is 5.54 Å². The van der Waals surface area contributed by atoms with E-state index in [1.54, 1.807) is 0 Å². The fraction of sp³-hybridized carbons (Fsp3) is 0.917. The van der Waals surface area contributed by atoms with Crippen LogP contribution < -0.4 is 5.32 Å². The van der Waals surface area contributed by atoms with Crippen molar-refractivity contribution in [2.24, 2.45) is 0 Å². The van der Waals surface area contributed by atoms with Gasteiger partial charge < -0.3 is 10.2 Å². The quantitative estimate of drug-likeness (QED) is 0.750. The smallest absolute Gasteiger partial charge is 0.103 e. The maximum atomic E-state index is 9.00. The number of nitrogens with zero attached hydrogens (tertiary/aromatic N) is 2. The maximum absolute atomic E-state index is 9.00. The van der Waals surface area contributed by atoms with Gasteiger partial charge in [0.2, 0.25) is 0 Å². The first-order valence-electron chi connectivity index (χ1n) is 5.95. The Morgan fingerprint density at radius 3 is 2.80 bits per heavy atom. The van der Waals surface area contributed by atoms with Crippen LogP contribution in [0.1, 0.15) is 39.5 Å². The number of likely N-dealkylation sites (tertiary alicyclic amines) is 1. The van der Waals surface area contributed by atoms with Crippen molar-refractivity contribution >= 4 is 0 Å². The highest BCUT2D eigenvalue weighted by atomic mass is 15.2. The van der Waals surface area contributed by atoms with Crippen molar-refractivity contribution in [2.45, 2.75) is 51.1 Å². The van der Waals surface area contributed by atoms with Crippen LogP contribution in [0.5, 0.6) is 0 Å². The Morgan fingerprint density at radius 1 is 1.60 bits per heavy atom. The van der Waals surface area contributed by atoms with E-state index >= 15 is 0 Å². The molecule has 15 heavy (non-hydrogen) atoms. The molecule has 2 atom stereocenters. The fourth-order valence-electron chi connectivity index (χ4n) is 2.20. The van der Waals surface area contributed by atoms with E-state index in [0.29, 0.717) is 0 Å². The summed E-state index contributed by atoms with van der Waals surface area (Å²) in [6.45, 7) is 6.65. The van der Waals surface area contributed by atoms with Crippen LogP contribution >= 0.6 is 0 Å². The Hall–Kier alpha value is -0.590. The third kappa shape index (κ3) is 3.48. The predicted molar refractivity (Wildman–Crippen MR) is 62.6 cm³/mol. The fourth-order valence-corrected chi connectivity index (χ4v) is 2.20. The van der Waals surface area contributed by atoms with E-state index in [2.05, 4.69) is 23.2 Å². The van der Waals surface area contributed by atoms with Gasteiger partial charge in [-0.1, -0.05) is 0 Å². The van der Waals surface area contributed by atoms with Crippen LogP contribution in [0.15, 0.2) is 0 Å². The standard InChI is InChI=1S/C12H23N3/c1-11-6-4-8-15(11)9-5-7-12(2,10-13)14-3/h11,14H,4-9H2,1-3H3. The van der Waals surface area contributed by atoms with Crippen molar-refractivity contribution in [1.82, 2.24) is 10.2 Å². The SMILES string of the molecule is CNC(C)(C#N)CCCN1CCCC1C. The minimum absolute atomic E-state index is 0.344. The molecule has 0 saturated carbocycles. The van der Waals surface area contributed by atoms with Crippen molar-refractivity contribution in [3.05, 3.63) is 0 Å². The molecule has 1 heterocycles. The molecule has 1 saturated heterocycles. The minimum atomic E-state index is -0.344. The topological polar surface area (TPSA) is 39.1 Å². The summed E-state index contributed by atoms with van der Waals surface area (Å²) < 4.78 is 0. The summed E-state index contributed by atoms with van der Waals surface area (Å²) in [6, 6.07) is 3.08. The highest BCUT2D eigenvalue weighted by Gasteiger charge is 2.23. The number of rotatable bonds is 5. The van der Waals surface area contributed by atoms with Gasteiger partial charge in [-0.3, -0.25) is 0 Å². The normalized spacial score (nSPS) is 26.1. The van der Waals surface area contributed by atoms with Crippen LogP contribution in [0.2, 0.25) is 0 Å². The highest BCUT2D eigenvalue weighted by Crippen LogP contribution is 2.18. The zero-order valence-electron chi connectivity index (χ0n) is 10.2. The van der Waals surface area contributed by atoms with Gasteiger partial charge in [0.25, 0.3) is 0 Å². The summed E-state index contributed by atoms with van der Waals surface area (Å²) in [7, 11) is 1.86. The van der Waals surface area contributed by atoms with Crippen LogP contribution in [0, 0.1) is 11.3 Å². The predicted octanol–water partition coefficient (Wildman–Crippen LogP) is 1.75. The Balaban J connectivity index is 2.24. The maximum Gasteiger partial charge on any atom is 0.103 e. The molecule has 3 nitrogen and oxygen atoms in total. The monoisotopic (exact) mass is 209 g/mol. The second-order valence-electron chi connectivity index (χ2n) is 4.82. The van der Waals surface area contributed by atoms with E-state index in [4.69, 9.17) is 5.26 Å². The van der Waals surface area contributed by atoms with E-state index in [9.17, 15) is 0 Å². The zero-order valence-corrected chi connectivity index (χ0v) is 10.2.